The zero-order valence-electron chi connectivity index (χ0n) is 9.12. The second kappa shape index (κ2) is 4.62. The Hall–Kier alpha value is -1.53. The minimum Gasteiger partial charge on any atom is -0.298 e. The number of rotatable bonds is 2. The molecule has 0 unspecified atom stereocenters. The largest absolute Gasteiger partial charge is 0.417 e. The number of hydrogen-bond donors (Lipinski definition) is 0. The highest BCUT2D eigenvalue weighted by molar-refractivity contribution is 5.81. The van der Waals surface area contributed by atoms with Crippen LogP contribution in [0, 0.1) is 0 Å². The van der Waals surface area contributed by atoms with Crippen molar-refractivity contribution in [3.05, 3.63) is 34.4 Å². The second-order valence-corrected chi connectivity index (χ2v) is 3.53. The Balaban J connectivity index is 3.69. The Kier molecular flexibility index (Phi) is 3.73. The first kappa shape index (κ1) is 14.5. The van der Waals surface area contributed by atoms with Gasteiger partial charge in [-0.25, -0.2) is 0 Å². The molecule has 100 valence electrons. The minimum atomic E-state index is -5.00. The van der Waals surface area contributed by atoms with Gasteiger partial charge in [0.05, 0.1) is 11.1 Å². The van der Waals surface area contributed by atoms with Crippen molar-refractivity contribution in [2.45, 2.75) is 25.7 Å². The van der Waals surface area contributed by atoms with E-state index in [2.05, 4.69) is 0 Å². The Morgan fingerprint density at radius 3 is 1.94 bits per heavy atom. The van der Waals surface area contributed by atoms with Crippen molar-refractivity contribution in [1.82, 2.24) is 0 Å². The van der Waals surface area contributed by atoms with E-state index in [4.69, 9.17) is 0 Å². The number of halogens is 6. The Bertz CT molecular complexity index is 458. The zero-order valence-corrected chi connectivity index (χ0v) is 9.12. The van der Waals surface area contributed by atoms with Crippen LogP contribution >= 0.6 is 0 Å². The van der Waals surface area contributed by atoms with Gasteiger partial charge in [0.2, 0.25) is 0 Å². The van der Waals surface area contributed by atoms with Crippen LogP contribution in [0.3, 0.4) is 0 Å². The van der Waals surface area contributed by atoms with Gasteiger partial charge in [0.25, 0.3) is 0 Å². The quantitative estimate of drug-likeness (QED) is 0.584. The maximum atomic E-state index is 12.7. The van der Waals surface area contributed by atoms with Gasteiger partial charge in [-0.15, -0.1) is 0 Å². The van der Waals surface area contributed by atoms with Gasteiger partial charge < -0.3 is 0 Å². The highest BCUT2D eigenvalue weighted by Crippen LogP contribution is 2.40. The molecule has 1 aromatic rings. The van der Waals surface area contributed by atoms with Gasteiger partial charge in [0.15, 0.2) is 6.29 Å². The zero-order chi connectivity index (χ0) is 14.1. The van der Waals surface area contributed by atoms with Crippen molar-refractivity contribution in [1.29, 1.82) is 0 Å². The van der Waals surface area contributed by atoms with Crippen LogP contribution < -0.4 is 0 Å². The maximum absolute atomic E-state index is 12.7. The molecule has 1 aromatic carbocycles. The van der Waals surface area contributed by atoms with E-state index in [1.54, 1.807) is 0 Å². The molecule has 0 amide bonds. The van der Waals surface area contributed by atoms with E-state index < -0.39 is 35.3 Å². The lowest BCUT2D eigenvalue weighted by Gasteiger charge is -2.18. The average Bonchev–Trinajstić information content (AvgIpc) is 2.24. The van der Waals surface area contributed by atoms with Crippen LogP contribution in [0.15, 0.2) is 12.1 Å². The molecule has 18 heavy (non-hydrogen) atoms. The normalized spacial score (nSPS) is 12.6. The molecular weight excluding hydrogens is 262 g/mol. The van der Waals surface area contributed by atoms with Crippen molar-refractivity contribution in [2.24, 2.45) is 0 Å². The summed E-state index contributed by atoms with van der Waals surface area (Å²) in [6.45, 7) is 1.37. The summed E-state index contributed by atoms with van der Waals surface area (Å²) in [6.07, 6.45) is -10.5. The predicted octanol–water partition coefficient (Wildman–Crippen LogP) is 4.10. The first-order valence-electron chi connectivity index (χ1n) is 4.88. The van der Waals surface area contributed by atoms with E-state index >= 15 is 0 Å². The van der Waals surface area contributed by atoms with Crippen LogP contribution in [0.4, 0.5) is 26.3 Å². The van der Waals surface area contributed by atoms with Gasteiger partial charge in [-0.1, -0.05) is 13.0 Å². The molecule has 0 fully saturated rings. The van der Waals surface area contributed by atoms with E-state index in [0.717, 1.165) is 6.07 Å². The van der Waals surface area contributed by atoms with Crippen molar-refractivity contribution in [2.75, 3.05) is 0 Å². The highest BCUT2D eigenvalue weighted by Gasteiger charge is 2.42. The Morgan fingerprint density at radius 1 is 1.06 bits per heavy atom. The summed E-state index contributed by atoms with van der Waals surface area (Å²) in [5, 5.41) is 0. The van der Waals surface area contributed by atoms with Crippen molar-refractivity contribution in [3.63, 3.8) is 0 Å². The molecule has 0 aromatic heterocycles. The van der Waals surface area contributed by atoms with Crippen molar-refractivity contribution >= 4 is 6.29 Å². The summed E-state index contributed by atoms with van der Waals surface area (Å²) >= 11 is 0. The molecule has 7 heteroatoms. The molecule has 0 aliphatic carbocycles. The van der Waals surface area contributed by atoms with Crippen LogP contribution in [0.1, 0.15) is 34.0 Å². The number of aldehydes is 1. The molecule has 1 nitrogen and oxygen atoms in total. The van der Waals surface area contributed by atoms with E-state index in [0.29, 0.717) is 6.07 Å². The molecule has 0 saturated heterocycles. The second-order valence-electron chi connectivity index (χ2n) is 3.53. The summed E-state index contributed by atoms with van der Waals surface area (Å²) in [4.78, 5) is 10.6. The van der Waals surface area contributed by atoms with Crippen LogP contribution in [-0.4, -0.2) is 6.29 Å². The minimum absolute atomic E-state index is 0.117. The lowest BCUT2D eigenvalue weighted by molar-refractivity contribution is -0.143. The topological polar surface area (TPSA) is 17.1 Å². The Labute approximate surface area is 98.4 Å². The molecule has 0 bridgehead atoms. The molecule has 0 heterocycles. The Morgan fingerprint density at radius 2 is 1.61 bits per heavy atom. The fourth-order valence-corrected chi connectivity index (χ4v) is 1.66. The summed E-state index contributed by atoms with van der Waals surface area (Å²) in [7, 11) is 0. The standard InChI is InChI=1S/C11H8F6O/c1-2-6-3-4-8(10(12,13)14)7(5-18)9(6)11(15,16)17/h3-5H,2H2,1H3. The number of aryl methyl sites for hydroxylation is 1. The SMILES string of the molecule is CCc1ccc(C(F)(F)F)c(C=O)c1C(F)(F)F. The van der Waals surface area contributed by atoms with Crippen LogP contribution in [-0.2, 0) is 18.8 Å². The predicted molar refractivity (Wildman–Crippen MR) is 51.2 cm³/mol. The summed E-state index contributed by atoms with van der Waals surface area (Å²) < 4.78 is 75.7. The van der Waals surface area contributed by atoms with Crippen LogP contribution in [0.25, 0.3) is 0 Å². The number of alkyl halides is 6. The molecule has 0 spiro atoms. The number of hydrogen-bond acceptors (Lipinski definition) is 1. The highest BCUT2D eigenvalue weighted by atomic mass is 19.4. The third kappa shape index (κ3) is 2.65. The molecule has 0 atom stereocenters. The molecule has 1 rings (SSSR count). The van der Waals surface area contributed by atoms with Gasteiger partial charge in [-0.05, 0) is 18.1 Å². The monoisotopic (exact) mass is 270 g/mol. The van der Waals surface area contributed by atoms with E-state index in [-0.39, 0.29) is 12.0 Å². The summed E-state index contributed by atoms with van der Waals surface area (Å²) in [5.74, 6) is 0. The van der Waals surface area contributed by atoms with Crippen LogP contribution in [0.2, 0.25) is 0 Å². The number of carbonyl (C=O) groups excluding carboxylic acids is 1. The molecule has 0 saturated carbocycles. The van der Waals surface area contributed by atoms with Gasteiger partial charge in [0, 0.05) is 5.56 Å². The average molecular weight is 270 g/mol. The fourth-order valence-electron chi connectivity index (χ4n) is 1.66. The summed E-state index contributed by atoms with van der Waals surface area (Å²) in [6, 6.07) is 1.25. The third-order valence-electron chi connectivity index (χ3n) is 2.42. The molecular formula is C11H8F6O. The van der Waals surface area contributed by atoms with E-state index in [9.17, 15) is 31.1 Å². The van der Waals surface area contributed by atoms with Crippen LogP contribution in [0.5, 0.6) is 0 Å². The van der Waals surface area contributed by atoms with Gasteiger partial charge in [-0.2, -0.15) is 26.3 Å². The van der Waals surface area contributed by atoms with Gasteiger partial charge in [-0.3, -0.25) is 4.79 Å². The number of benzene rings is 1. The fraction of sp³-hybridized carbons (Fsp3) is 0.364. The molecule has 0 radical (unpaired) electrons. The maximum Gasteiger partial charge on any atom is 0.417 e. The van der Waals surface area contributed by atoms with E-state index in [1.165, 1.54) is 6.92 Å². The molecule has 0 aliphatic heterocycles. The first-order chi connectivity index (χ1) is 8.12. The lowest BCUT2D eigenvalue weighted by Crippen LogP contribution is -2.18. The summed E-state index contributed by atoms with van der Waals surface area (Å²) in [5.41, 5.74) is -4.76. The molecule has 0 N–H and O–H groups in total. The van der Waals surface area contributed by atoms with Gasteiger partial charge >= 0.3 is 12.4 Å². The molecule has 0 aliphatic rings. The van der Waals surface area contributed by atoms with E-state index in [1.807, 2.05) is 0 Å². The smallest absolute Gasteiger partial charge is 0.298 e. The third-order valence-corrected chi connectivity index (χ3v) is 2.42. The van der Waals surface area contributed by atoms with Gasteiger partial charge in [0.1, 0.15) is 0 Å². The van der Waals surface area contributed by atoms with Crippen molar-refractivity contribution < 1.29 is 31.1 Å². The van der Waals surface area contributed by atoms with Crippen molar-refractivity contribution in [3.8, 4) is 0 Å². The first-order valence-corrected chi connectivity index (χ1v) is 4.88. The lowest BCUT2D eigenvalue weighted by atomic mass is 9.94. The number of carbonyl (C=O) groups is 1.